The van der Waals surface area contributed by atoms with Gasteiger partial charge in [0.2, 0.25) is 0 Å². The molecule has 1 aromatic carbocycles. The molecule has 0 unspecified atom stereocenters. The number of aryl methyl sites for hydroxylation is 1. The fourth-order valence-electron chi connectivity index (χ4n) is 2.57. The smallest absolute Gasteiger partial charge is 0.348 e. The van der Waals surface area contributed by atoms with Gasteiger partial charge in [-0.2, -0.15) is 5.26 Å². The quantitative estimate of drug-likeness (QED) is 0.639. The van der Waals surface area contributed by atoms with Gasteiger partial charge in [-0.05, 0) is 31.9 Å². The van der Waals surface area contributed by atoms with Gasteiger partial charge in [-0.15, -0.1) is 11.3 Å². The van der Waals surface area contributed by atoms with E-state index in [2.05, 4.69) is 0 Å². The summed E-state index contributed by atoms with van der Waals surface area (Å²) < 4.78 is 15.8. The average Bonchev–Trinajstić information content (AvgIpc) is 3.01. The molecule has 7 nitrogen and oxygen atoms in total. The lowest BCUT2D eigenvalue weighted by atomic mass is 10.1. The minimum absolute atomic E-state index is 0.139. The molecule has 0 saturated carbocycles. The molecule has 0 aliphatic heterocycles. The molecule has 0 amide bonds. The molecule has 2 rings (SSSR count). The van der Waals surface area contributed by atoms with Crippen LogP contribution in [0.1, 0.15) is 46.6 Å². The molecule has 0 spiro atoms. The highest BCUT2D eigenvalue weighted by molar-refractivity contribution is 7.18. The van der Waals surface area contributed by atoms with E-state index in [1.807, 2.05) is 37.3 Å². The predicted molar refractivity (Wildman–Crippen MR) is 105 cm³/mol. The van der Waals surface area contributed by atoms with Gasteiger partial charge >= 0.3 is 11.9 Å². The Kier molecular flexibility index (Phi) is 7.84. The van der Waals surface area contributed by atoms with Gasteiger partial charge in [0, 0.05) is 12.0 Å². The van der Waals surface area contributed by atoms with E-state index in [1.165, 1.54) is 0 Å². The van der Waals surface area contributed by atoms with Crippen molar-refractivity contribution in [1.82, 2.24) is 0 Å². The van der Waals surface area contributed by atoms with Gasteiger partial charge in [-0.25, -0.2) is 4.79 Å². The fraction of sp³-hybridized carbons (Fsp3) is 0.350. The molecule has 148 valence electrons. The van der Waals surface area contributed by atoms with Crippen molar-refractivity contribution in [2.45, 2.75) is 33.3 Å². The minimum atomic E-state index is -0.586. The Bertz CT molecular complexity index is 885. The third-order valence-electron chi connectivity index (χ3n) is 3.86. The summed E-state index contributed by atoms with van der Waals surface area (Å²) in [6, 6.07) is 9.44. The Labute approximate surface area is 167 Å². The van der Waals surface area contributed by atoms with Crippen molar-refractivity contribution in [3.63, 3.8) is 0 Å². The van der Waals surface area contributed by atoms with Crippen LogP contribution in [0.3, 0.4) is 0 Å². The summed E-state index contributed by atoms with van der Waals surface area (Å²) in [6.07, 6.45) is 0.594. The van der Waals surface area contributed by atoms with Gasteiger partial charge in [0.05, 0.1) is 18.8 Å². The first-order valence-electron chi connectivity index (χ1n) is 8.86. The third kappa shape index (κ3) is 5.24. The van der Waals surface area contributed by atoms with E-state index in [0.717, 1.165) is 22.6 Å². The number of nitrogen functional groups attached to an aromatic ring is 1. The number of rotatable bonds is 9. The van der Waals surface area contributed by atoms with Crippen molar-refractivity contribution in [3.05, 3.63) is 45.8 Å². The first-order chi connectivity index (χ1) is 13.5. The second kappa shape index (κ2) is 10.3. The number of para-hydroxylation sites is 1. The van der Waals surface area contributed by atoms with E-state index >= 15 is 0 Å². The molecule has 1 heterocycles. The summed E-state index contributed by atoms with van der Waals surface area (Å²) >= 11 is 0.956. The zero-order valence-electron chi connectivity index (χ0n) is 15.8. The summed E-state index contributed by atoms with van der Waals surface area (Å²) in [7, 11) is 0. The normalized spacial score (nSPS) is 10.2. The number of carbonyl (C=O) groups excluding carboxylic acids is 2. The molecule has 2 aromatic rings. The SMILES string of the molecule is CCOC(=O)c1sc(N)c(C#N)c1COC(=O)CCc1ccccc1OCC. The van der Waals surface area contributed by atoms with Crippen molar-refractivity contribution in [2.24, 2.45) is 0 Å². The maximum Gasteiger partial charge on any atom is 0.348 e. The first kappa shape index (κ1) is 21.3. The molecule has 0 saturated heterocycles. The summed E-state index contributed by atoms with van der Waals surface area (Å²) in [6.45, 7) is 4.09. The number of hydrogen-bond donors (Lipinski definition) is 1. The van der Waals surface area contributed by atoms with Crippen molar-refractivity contribution < 1.29 is 23.8 Å². The first-order valence-corrected chi connectivity index (χ1v) is 9.68. The van der Waals surface area contributed by atoms with E-state index in [1.54, 1.807) is 6.92 Å². The zero-order valence-corrected chi connectivity index (χ0v) is 16.6. The van der Waals surface area contributed by atoms with Gasteiger partial charge in [0.15, 0.2) is 0 Å². The van der Waals surface area contributed by atoms with Crippen LogP contribution in [0.5, 0.6) is 5.75 Å². The van der Waals surface area contributed by atoms with Crippen LogP contribution in [0.2, 0.25) is 0 Å². The Hall–Kier alpha value is -3.05. The molecule has 8 heteroatoms. The summed E-state index contributed by atoms with van der Waals surface area (Å²) in [5.41, 5.74) is 7.14. The van der Waals surface area contributed by atoms with Crippen molar-refractivity contribution in [2.75, 3.05) is 18.9 Å². The minimum Gasteiger partial charge on any atom is -0.494 e. The number of nitrogens with zero attached hydrogens (tertiary/aromatic N) is 1. The molecule has 0 bridgehead atoms. The van der Waals surface area contributed by atoms with Crippen LogP contribution < -0.4 is 10.5 Å². The van der Waals surface area contributed by atoms with Gasteiger partial charge in [0.25, 0.3) is 0 Å². The molecule has 2 N–H and O–H groups in total. The lowest BCUT2D eigenvalue weighted by Gasteiger charge is -2.10. The molecule has 0 fully saturated rings. The van der Waals surface area contributed by atoms with Gasteiger partial charge in [-0.1, -0.05) is 18.2 Å². The Morgan fingerprint density at radius 3 is 2.61 bits per heavy atom. The molecular formula is C20H22N2O5S. The van der Waals surface area contributed by atoms with Crippen LogP contribution >= 0.6 is 11.3 Å². The van der Waals surface area contributed by atoms with Crippen LogP contribution in [0.25, 0.3) is 0 Å². The highest BCUT2D eigenvalue weighted by Gasteiger charge is 2.23. The summed E-state index contributed by atoms with van der Waals surface area (Å²) in [4.78, 5) is 24.4. The largest absolute Gasteiger partial charge is 0.494 e. The van der Waals surface area contributed by atoms with E-state index in [-0.39, 0.29) is 40.6 Å². The molecule has 0 aliphatic carbocycles. The van der Waals surface area contributed by atoms with E-state index in [4.69, 9.17) is 19.9 Å². The topological polar surface area (TPSA) is 112 Å². The monoisotopic (exact) mass is 402 g/mol. The molecule has 28 heavy (non-hydrogen) atoms. The van der Waals surface area contributed by atoms with Gasteiger partial charge in [0.1, 0.15) is 28.3 Å². The summed E-state index contributed by atoms with van der Waals surface area (Å²) in [5.74, 6) is -0.299. The number of ether oxygens (including phenoxy) is 3. The average molecular weight is 402 g/mol. The third-order valence-corrected chi connectivity index (χ3v) is 4.90. The number of benzene rings is 1. The number of anilines is 1. The molecule has 0 radical (unpaired) electrons. The van der Waals surface area contributed by atoms with Crippen LogP contribution in [0, 0.1) is 11.3 Å². The predicted octanol–water partition coefficient (Wildman–Crippen LogP) is 3.45. The van der Waals surface area contributed by atoms with Crippen LogP contribution in [-0.4, -0.2) is 25.2 Å². The van der Waals surface area contributed by atoms with Crippen LogP contribution in [0.4, 0.5) is 5.00 Å². The fourth-order valence-corrected chi connectivity index (χ4v) is 3.49. The number of carbonyl (C=O) groups is 2. The van der Waals surface area contributed by atoms with E-state index in [0.29, 0.717) is 13.0 Å². The number of hydrogen-bond acceptors (Lipinski definition) is 8. The lowest BCUT2D eigenvalue weighted by Crippen LogP contribution is -2.10. The van der Waals surface area contributed by atoms with Gasteiger partial charge in [-0.3, -0.25) is 4.79 Å². The Morgan fingerprint density at radius 1 is 1.18 bits per heavy atom. The highest BCUT2D eigenvalue weighted by atomic mass is 32.1. The number of nitrogens with two attached hydrogens (primary N) is 1. The maximum absolute atomic E-state index is 12.2. The van der Waals surface area contributed by atoms with Crippen molar-refractivity contribution in [3.8, 4) is 11.8 Å². The van der Waals surface area contributed by atoms with E-state index in [9.17, 15) is 14.9 Å². The second-order valence-electron chi connectivity index (χ2n) is 5.68. The number of thiophene rings is 1. The van der Waals surface area contributed by atoms with Crippen LogP contribution in [-0.2, 0) is 27.3 Å². The lowest BCUT2D eigenvalue weighted by molar-refractivity contribution is -0.144. The number of nitriles is 1. The standard InChI is InChI=1S/C20H22N2O5S/c1-3-25-16-8-6-5-7-13(16)9-10-17(23)27-12-15-14(11-21)19(22)28-18(15)20(24)26-4-2/h5-8H,3-4,9-10,12,22H2,1-2H3. The van der Waals surface area contributed by atoms with E-state index < -0.39 is 11.9 Å². The van der Waals surface area contributed by atoms with Crippen molar-refractivity contribution in [1.29, 1.82) is 5.26 Å². The van der Waals surface area contributed by atoms with Crippen molar-refractivity contribution >= 4 is 28.3 Å². The zero-order chi connectivity index (χ0) is 20.5. The summed E-state index contributed by atoms with van der Waals surface area (Å²) in [5, 5.41) is 9.49. The Morgan fingerprint density at radius 2 is 1.93 bits per heavy atom. The number of esters is 2. The maximum atomic E-state index is 12.2. The molecule has 1 aromatic heterocycles. The molecular weight excluding hydrogens is 380 g/mol. The highest BCUT2D eigenvalue weighted by Crippen LogP contribution is 2.32. The van der Waals surface area contributed by atoms with Crippen LogP contribution in [0.15, 0.2) is 24.3 Å². The van der Waals surface area contributed by atoms with Gasteiger partial charge < -0.3 is 19.9 Å². The Balaban J connectivity index is 2.03. The molecule has 0 aliphatic rings. The second-order valence-corrected chi connectivity index (χ2v) is 6.73. The molecule has 0 atom stereocenters.